The van der Waals surface area contributed by atoms with Gasteiger partial charge < -0.3 is 10.1 Å². The Hall–Kier alpha value is -1.79. The molecule has 5 nitrogen and oxygen atoms in total. The highest BCUT2D eigenvalue weighted by Crippen LogP contribution is 2.34. The largest absolute Gasteiger partial charge is 0.382 e. The van der Waals surface area contributed by atoms with E-state index in [2.05, 4.69) is 26.7 Å². The van der Waals surface area contributed by atoms with Crippen molar-refractivity contribution in [2.24, 2.45) is 0 Å². The predicted octanol–water partition coefficient (Wildman–Crippen LogP) is 3.29. The first-order valence-corrected chi connectivity index (χ1v) is 8.90. The number of hydrogen-bond donors (Lipinski definition) is 1. The molecule has 0 bridgehead atoms. The van der Waals surface area contributed by atoms with Gasteiger partial charge in [0.1, 0.15) is 0 Å². The number of aromatic nitrogens is 2. The van der Waals surface area contributed by atoms with Gasteiger partial charge in [-0.25, -0.2) is 9.97 Å². The van der Waals surface area contributed by atoms with Crippen LogP contribution in [0.25, 0.3) is 0 Å². The van der Waals surface area contributed by atoms with Crippen molar-refractivity contribution in [3.8, 4) is 0 Å². The number of hydrogen-bond acceptors (Lipinski definition) is 6. The van der Waals surface area contributed by atoms with Crippen LogP contribution in [0.15, 0.2) is 23.7 Å². The molecule has 2 aromatic heterocycles. The molecule has 0 amide bonds. The van der Waals surface area contributed by atoms with Crippen LogP contribution in [-0.4, -0.2) is 35.5 Å². The number of ether oxygens (including phenoxy) is 1. The molecule has 1 aliphatic carbocycles. The number of Topliss-reactive ketones (excluding diaryl/α,β-unsaturated/α-hetero) is 1. The zero-order chi connectivity index (χ0) is 16.1. The van der Waals surface area contributed by atoms with E-state index < -0.39 is 0 Å². The van der Waals surface area contributed by atoms with Gasteiger partial charge in [0.05, 0.1) is 11.3 Å². The highest BCUT2D eigenvalue weighted by atomic mass is 32.1. The minimum atomic E-state index is 0.146. The molecule has 23 heavy (non-hydrogen) atoms. The average Bonchev–Trinajstić information content (AvgIpc) is 3.09. The van der Waals surface area contributed by atoms with E-state index in [1.807, 2.05) is 13.0 Å². The fourth-order valence-corrected chi connectivity index (χ4v) is 3.60. The quantitative estimate of drug-likeness (QED) is 0.789. The molecule has 0 spiro atoms. The van der Waals surface area contributed by atoms with Crippen molar-refractivity contribution in [1.82, 2.24) is 9.97 Å². The molecule has 0 saturated carbocycles. The Morgan fingerprint density at radius 1 is 1.43 bits per heavy atom. The number of fused-ring (bicyclic) bond motifs is 1. The lowest BCUT2D eigenvalue weighted by Gasteiger charge is -2.22. The lowest BCUT2D eigenvalue weighted by molar-refractivity contribution is 0.0963. The highest BCUT2D eigenvalue weighted by Gasteiger charge is 2.28. The number of nitrogens with one attached hydrogen (secondary N) is 1. The molecule has 0 aromatic carbocycles. The minimum absolute atomic E-state index is 0.146. The summed E-state index contributed by atoms with van der Waals surface area (Å²) < 4.78 is 5.31. The first kappa shape index (κ1) is 16.1. The maximum Gasteiger partial charge on any atom is 0.222 e. The van der Waals surface area contributed by atoms with Gasteiger partial charge in [-0.3, -0.25) is 4.79 Å². The number of ketones is 1. The second-order valence-corrected chi connectivity index (χ2v) is 6.55. The van der Waals surface area contributed by atoms with Crippen LogP contribution in [-0.2, 0) is 11.2 Å². The Morgan fingerprint density at radius 3 is 3.13 bits per heavy atom. The van der Waals surface area contributed by atoms with Gasteiger partial charge in [-0.05, 0) is 31.2 Å². The van der Waals surface area contributed by atoms with Gasteiger partial charge in [0.25, 0.3) is 0 Å². The molecule has 122 valence electrons. The van der Waals surface area contributed by atoms with Gasteiger partial charge in [-0.1, -0.05) is 6.07 Å². The van der Waals surface area contributed by atoms with Crippen LogP contribution in [0.5, 0.6) is 0 Å². The van der Waals surface area contributed by atoms with E-state index in [0.29, 0.717) is 17.9 Å². The first-order chi connectivity index (χ1) is 11.3. The summed E-state index contributed by atoms with van der Waals surface area (Å²) in [5, 5.41) is 5.26. The number of carbonyl (C=O) groups is 1. The fourth-order valence-electron chi connectivity index (χ4n) is 2.77. The lowest BCUT2D eigenvalue weighted by atomic mass is 9.86. The van der Waals surface area contributed by atoms with E-state index in [1.54, 1.807) is 17.5 Å². The molecule has 0 saturated heterocycles. The normalized spacial score (nSPS) is 17.1. The van der Waals surface area contributed by atoms with E-state index in [1.165, 1.54) is 4.88 Å². The Labute approximate surface area is 140 Å². The van der Waals surface area contributed by atoms with Gasteiger partial charge in [-0.2, -0.15) is 0 Å². The molecule has 6 heteroatoms. The van der Waals surface area contributed by atoms with Crippen LogP contribution in [0.1, 0.15) is 46.6 Å². The maximum absolute atomic E-state index is 12.3. The molecule has 0 aliphatic heterocycles. The number of nitrogens with zero attached hydrogens (tertiary/aromatic N) is 2. The zero-order valence-electron chi connectivity index (χ0n) is 13.2. The van der Waals surface area contributed by atoms with E-state index in [9.17, 15) is 4.79 Å². The maximum atomic E-state index is 12.3. The van der Waals surface area contributed by atoms with Crippen molar-refractivity contribution in [2.45, 2.75) is 32.1 Å². The van der Waals surface area contributed by atoms with E-state index in [0.717, 1.165) is 38.3 Å². The minimum Gasteiger partial charge on any atom is -0.382 e. The van der Waals surface area contributed by atoms with Gasteiger partial charge >= 0.3 is 0 Å². The fraction of sp³-hybridized carbons (Fsp3) is 0.471. The summed E-state index contributed by atoms with van der Waals surface area (Å²) in [6.45, 7) is 4.22. The monoisotopic (exact) mass is 331 g/mol. The average molecular weight is 331 g/mol. The Bertz CT molecular complexity index is 658. The van der Waals surface area contributed by atoms with Crippen molar-refractivity contribution in [1.29, 1.82) is 0 Å². The zero-order valence-corrected chi connectivity index (χ0v) is 14.1. The molecule has 0 unspecified atom stereocenters. The summed E-state index contributed by atoms with van der Waals surface area (Å²) in [4.78, 5) is 22.4. The smallest absolute Gasteiger partial charge is 0.222 e. The molecule has 0 radical (unpaired) electrons. The molecule has 2 aromatic rings. The SMILES string of the molecule is CCOCCCNc1ncc2c(n1)C[C@@H](c1cccs1)CC2=O. The summed E-state index contributed by atoms with van der Waals surface area (Å²) in [5.41, 5.74) is 1.54. The van der Waals surface area contributed by atoms with Gasteiger partial charge in [0.2, 0.25) is 5.95 Å². The summed E-state index contributed by atoms with van der Waals surface area (Å²) in [5.74, 6) is 0.989. The summed E-state index contributed by atoms with van der Waals surface area (Å²) >= 11 is 1.71. The number of anilines is 1. The molecule has 3 rings (SSSR count). The third kappa shape index (κ3) is 3.95. The molecule has 1 atom stereocenters. The second-order valence-electron chi connectivity index (χ2n) is 5.57. The highest BCUT2D eigenvalue weighted by molar-refractivity contribution is 7.10. The van der Waals surface area contributed by atoms with Crippen LogP contribution in [0, 0.1) is 0 Å². The number of rotatable bonds is 7. The number of carbonyl (C=O) groups excluding carboxylic acids is 1. The van der Waals surface area contributed by atoms with Gasteiger partial charge in [0.15, 0.2) is 5.78 Å². The van der Waals surface area contributed by atoms with Gasteiger partial charge in [0, 0.05) is 43.2 Å². The Balaban J connectivity index is 1.66. The van der Waals surface area contributed by atoms with E-state index in [4.69, 9.17) is 4.74 Å². The first-order valence-electron chi connectivity index (χ1n) is 8.02. The van der Waals surface area contributed by atoms with Crippen LogP contribution < -0.4 is 5.32 Å². The van der Waals surface area contributed by atoms with Crippen molar-refractivity contribution in [3.63, 3.8) is 0 Å². The molecule has 1 aliphatic rings. The van der Waals surface area contributed by atoms with Crippen molar-refractivity contribution >= 4 is 23.1 Å². The Kier molecular flexibility index (Phi) is 5.35. The van der Waals surface area contributed by atoms with Crippen molar-refractivity contribution in [3.05, 3.63) is 39.8 Å². The third-order valence-corrected chi connectivity index (χ3v) is 4.97. The predicted molar refractivity (Wildman–Crippen MR) is 91.3 cm³/mol. The molecule has 0 fully saturated rings. The molecular formula is C17H21N3O2S. The summed E-state index contributed by atoms with van der Waals surface area (Å²) in [6.07, 6.45) is 3.93. The molecule has 1 N–H and O–H groups in total. The van der Waals surface area contributed by atoms with E-state index >= 15 is 0 Å². The third-order valence-electron chi connectivity index (χ3n) is 3.94. The number of thiophene rings is 1. The Morgan fingerprint density at radius 2 is 2.35 bits per heavy atom. The lowest BCUT2D eigenvalue weighted by Crippen LogP contribution is -2.21. The van der Waals surface area contributed by atoms with Crippen LogP contribution in [0.2, 0.25) is 0 Å². The van der Waals surface area contributed by atoms with Crippen LogP contribution >= 0.6 is 11.3 Å². The topological polar surface area (TPSA) is 64.1 Å². The molecule has 2 heterocycles. The van der Waals surface area contributed by atoms with Crippen LogP contribution in [0.3, 0.4) is 0 Å². The second kappa shape index (κ2) is 7.66. The molecular weight excluding hydrogens is 310 g/mol. The van der Waals surface area contributed by atoms with Crippen molar-refractivity contribution in [2.75, 3.05) is 25.1 Å². The standard InChI is InChI=1S/C17H21N3O2S/c1-2-22-7-4-6-18-17-19-11-13-14(20-17)9-12(10-15(13)21)16-5-3-8-23-16/h3,5,8,11-12H,2,4,6-7,9-10H2,1H3,(H,18,19,20)/t12-/m1/s1. The van der Waals surface area contributed by atoms with Gasteiger partial charge in [-0.15, -0.1) is 11.3 Å². The summed E-state index contributed by atoms with van der Waals surface area (Å²) in [7, 11) is 0. The van der Waals surface area contributed by atoms with E-state index in [-0.39, 0.29) is 11.7 Å². The summed E-state index contributed by atoms with van der Waals surface area (Å²) in [6, 6.07) is 4.13. The van der Waals surface area contributed by atoms with Crippen molar-refractivity contribution < 1.29 is 9.53 Å². The van der Waals surface area contributed by atoms with Crippen LogP contribution in [0.4, 0.5) is 5.95 Å².